The third-order valence-electron chi connectivity index (χ3n) is 2.90. The summed E-state index contributed by atoms with van der Waals surface area (Å²) in [5, 5.41) is 6.49. The Kier molecular flexibility index (Phi) is 2.32. The molecule has 5 nitrogen and oxygen atoms in total. The highest BCUT2D eigenvalue weighted by Crippen LogP contribution is 2.42. The van der Waals surface area contributed by atoms with Crippen LogP contribution in [0.1, 0.15) is 24.3 Å². The van der Waals surface area contributed by atoms with Crippen molar-refractivity contribution >= 4 is 5.95 Å². The second-order valence-electron chi connectivity index (χ2n) is 4.03. The van der Waals surface area contributed by atoms with Crippen molar-refractivity contribution in [1.29, 1.82) is 0 Å². The Labute approximate surface area is 99.6 Å². The first-order valence-corrected chi connectivity index (χ1v) is 5.32. The molecule has 1 aliphatic heterocycles. The van der Waals surface area contributed by atoms with E-state index < -0.39 is 18.3 Å². The number of alkyl halides is 3. The SMILES string of the molecule is FC(F)(F)[C@@H]1C[C@H](c2ccco2)Nc2ncnn21. The number of furan rings is 1. The van der Waals surface area contributed by atoms with Gasteiger partial charge in [-0.15, -0.1) is 0 Å². The summed E-state index contributed by atoms with van der Waals surface area (Å²) >= 11 is 0. The first-order valence-electron chi connectivity index (χ1n) is 5.32. The van der Waals surface area contributed by atoms with Gasteiger partial charge in [-0.3, -0.25) is 0 Å². The largest absolute Gasteiger partial charge is 0.467 e. The van der Waals surface area contributed by atoms with E-state index in [1.165, 1.54) is 6.26 Å². The van der Waals surface area contributed by atoms with E-state index >= 15 is 0 Å². The minimum atomic E-state index is -4.37. The topological polar surface area (TPSA) is 55.9 Å². The number of anilines is 1. The molecule has 0 unspecified atom stereocenters. The van der Waals surface area contributed by atoms with Gasteiger partial charge in [0, 0.05) is 6.42 Å². The number of hydrogen-bond donors (Lipinski definition) is 1. The number of hydrogen-bond acceptors (Lipinski definition) is 4. The summed E-state index contributed by atoms with van der Waals surface area (Å²) in [4.78, 5) is 3.78. The molecule has 1 N–H and O–H groups in total. The predicted octanol–water partition coefficient (Wildman–Crippen LogP) is 2.53. The maximum atomic E-state index is 13.0. The lowest BCUT2D eigenvalue weighted by molar-refractivity contribution is -0.174. The van der Waals surface area contributed by atoms with Gasteiger partial charge in [0.25, 0.3) is 0 Å². The first kappa shape index (κ1) is 11.1. The van der Waals surface area contributed by atoms with Gasteiger partial charge in [-0.1, -0.05) is 0 Å². The standard InChI is InChI=1S/C10H9F3N4O/c11-10(12,13)8-4-6(7-2-1-3-18-7)16-9-14-5-15-17(8)9/h1-3,5-6,8H,4H2,(H,14,15,16)/t6-,8+/m1/s1. The van der Waals surface area contributed by atoms with Crippen LogP contribution in [0.15, 0.2) is 29.1 Å². The van der Waals surface area contributed by atoms with E-state index in [4.69, 9.17) is 4.42 Å². The van der Waals surface area contributed by atoms with E-state index in [1.807, 2.05) is 0 Å². The molecule has 96 valence electrons. The summed E-state index contributed by atoms with van der Waals surface area (Å²) in [6, 6.07) is 1.03. The van der Waals surface area contributed by atoms with E-state index in [9.17, 15) is 13.2 Å². The van der Waals surface area contributed by atoms with Gasteiger partial charge in [0.2, 0.25) is 5.95 Å². The van der Waals surface area contributed by atoms with Crippen molar-refractivity contribution in [2.75, 3.05) is 5.32 Å². The molecule has 3 heterocycles. The Bertz CT molecular complexity index is 534. The fourth-order valence-corrected chi connectivity index (χ4v) is 2.07. The second-order valence-corrected chi connectivity index (χ2v) is 4.03. The second kappa shape index (κ2) is 3.76. The lowest BCUT2D eigenvalue weighted by atomic mass is 10.0. The van der Waals surface area contributed by atoms with Crippen LogP contribution in [-0.4, -0.2) is 20.9 Å². The van der Waals surface area contributed by atoms with Crippen LogP contribution < -0.4 is 5.32 Å². The fraction of sp³-hybridized carbons (Fsp3) is 0.400. The molecule has 0 saturated carbocycles. The Morgan fingerprint density at radius 3 is 2.94 bits per heavy atom. The first-order chi connectivity index (χ1) is 8.55. The zero-order chi connectivity index (χ0) is 12.8. The van der Waals surface area contributed by atoms with Crippen molar-refractivity contribution in [3.05, 3.63) is 30.5 Å². The molecule has 18 heavy (non-hydrogen) atoms. The summed E-state index contributed by atoms with van der Waals surface area (Å²) in [6.45, 7) is 0. The van der Waals surface area contributed by atoms with Gasteiger partial charge < -0.3 is 9.73 Å². The molecule has 0 fully saturated rings. The molecule has 3 rings (SSSR count). The molecule has 0 aromatic carbocycles. The van der Waals surface area contributed by atoms with E-state index in [-0.39, 0.29) is 12.4 Å². The molecular formula is C10H9F3N4O. The Balaban J connectivity index is 1.97. The van der Waals surface area contributed by atoms with Crippen molar-refractivity contribution in [3.8, 4) is 0 Å². The quantitative estimate of drug-likeness (QED) is 0.854. The van der Waals surface area contributed by atoms with Crippen molar-refractivity contribution in [1.82, 2.24) is 14.8 Å². The Hall–Kier alpha value is -1.99. The molecule has 8 heteroatoms. The van der Waals surface area contributed by atoms with Gasteiger partial charge in [0.15, 0.2) is 6.04 Å². The molecule has 0 amide bonds. The van der Waals surface area contributed by atoms with Gasteiger partial charge in [-0.05, 0) is 12.1 Å². The molecule has 2 aromatic heterocycles. The minimum absolute atomic E-state index is 0.102. The average molecular weight is 258 g/mol. The summed E-state index contributed by atoms with van der Waals surface area (Å²) < 4.78 is 44.9. The molecule has 0 radical (unpaired) electrons. The average Bonchev–Trinajstić information content (AvgIpc) is 2.97. The van der Waals surface area contributed by atoms with Crippen LogP contribution in [0.4, 0.5) is 19.1 Å². The summed E-state index contributed by atoms with van der Waals surface area (Å²) in [6.07, 6.45) is -2.01. The molecule has 0 spiro atoms. The number of aromatic nitrogens is 3. The van der Waals surface area contributed by atoms with Crippen LogP contribution in [0.3, 0.4) is 0 Å². The lowest BCUT2D eigenvalue weighted by Gasteiger charge is -2.31. The van der Waals surface area contributed by atoms with Gasteiger partial charge in [0.1, 0.15) is 12.1 Å². The van der Waals surface area contributed by atoms with Crippen LogP contribution in [0.5, 0.6) is 0 Å². The van der Waals surface area contributed by atoms with Gasteiger partial charge in [0.05, 0.1) is 12.3 Å². The van der Waals surface area contributed by atoms with E-state index in [2.05, 4.69) is 15.4 Å². The Morgan fingerprint density at radius 1 is 1.44 bits per heavy atom. The highest BCUT2D eigenvalue weighted by atomic mass is 19.4. The van der Waals surface area contributed by atoms with Crippen molar-refractivity contribution < 1.29 is 17.6 Å². The lowest BCUT2D eigenvalue weighted by Crippen LogP contribution is -2.35. The normalized spacial score (nSPS) is 23.5. The minimum Gasteiger partial charge on any atom is -0.467 e. The maximum Gasteiger partial charge on any atom is 0.411 e. The Morgan fingerprint density at radius 2 is 2.28 bits per heavy atom. The van der Waals surface area contributed by atoms with Crippen LogP contribution in [0.2, 0.25) is 0 Å². The van der Waals surface area contributed by atoms with Crippen LogP contribution in [-0.2, 0) is 0 Å². The molecule has 1 aliphatic rings. The highest BCUT2D eigenvalue weighted by Gasteiger charge is 2.47. The smallest absolute Gasteiger partial charge is 0.411 e. The monoisotopic (exact) mass is 258 g/mol. The van der Waals surface area contributed by atoms with Crippen molar-refractivity contribution in [2.45, 2.75) is 24.7 Å². The number of halogens is 3. The van der Waals surface area contributed by atoms with Gasteiger partial charge >= 0.3 is 6.18 Å². The van der Waals surface area contributed by atoms with Crippen LogP contribution >= 0.6 is 0 Å². The molecule has 2 aromatic rings. The number of fused-ring (bicyclic) bond motifs is 1. The molecule has 0 aliphatic carbocycles. The predicted molar refractivity (Wildman–Crippen MR) is 54.8 cm³/mol. The zero-order valence-corrected chi connectivity index (χ0v) is 9.05. The van der Waals surface area contributed by atoms with Gasteiger partial charge in [-0.2, -0.15) is 23.3 Å². The number of rotatable bonds is 1. The van der Waals surface area contributed by atoms with Crippen molar-refractivity contribution in [2.24, 2.45) is 0 Å². The number of nitrogens with zero attached hydrogens (tertiary/aromatic N) is 3. The van der Waals surface area contributed by atoms with Gasteiger partial charge in [-0.25, -0.2) is 4.68 Å². The highest BCUT2D eigenvalue weighted by molar-refractivity contribution is 5.32. The molecule has 2 atom stereocenters. The third-order valence-corrected chi connectivity index (χ3v) is 2.90. The van der Waals surface area contributed by atoms with Crippen LogP contribution in [0.25, 0.3) is 0 Å². The molecular weight excluding hydrogens is 249 g/mol. The maximum absolute atomic E-state index is 13.0. The van der Waals surface area contributed by atoms with Crippen molar-refractivity contribution in [3.63, 3.8) is 0 Å². The summed E-state index contributed by atoms with van der Waals surface area (Å²) in [7, 11) is 0. The molecule has 0 saturated heterocycles. The fourth-order valence-electron chi connectivity index (χ4n) is 2.07. The van der Waals surface area contributed by atoms with E-state index in [0.29, 0.717) is 5.76 Å². The number of nitrogens with one attached hydrogen (secondary N) is 1. The molecule has 0 bridgehead atoms. The zero-order valence-electron chi connectivity index (χ0n) is 9.05. The third kappa shape index (κ3) is 1.73. The van der Waals surface area contributed by atoms with E-state index in [1.54, 1.807) is 12.1 Å². The summed E-state index contributed by atoms with van der Waals surface area (Å²) in [5.41, 5.74) is 0. The van der Waals surface area contributed by atoms with Crippen LogP contribution in [0, 0.1) is 0 Å². The summed E-state index contributed by atoms with van der Waals surface area (Å²) in [5.74, 6) is 0.559. The van der Waals surface area contributed by atoms with E-state index in [0.717, 1.165) is 11.0 Å².